The monoisotopic (exact) mass is 284 g/mol. The highest BCUT2D eigenvalue weighted by atomic mass is 79.9. The van der Waals surface area contributed by atoms with Gasteiger partial charge in [0.25, 0.3) is 0 Å². The molecule has 1 aromatic rings. The summed E-state index contributed by atoms with van der Waals surface area (Å²) in [5.74, 6) is 1.75. The van der Waals surface area contributed by atoms with E-state index in [1.807, 2.05) is 19.9 Å². The number of hydrogen-bond donors (Lipinski definition) is 0. The molecule has 0 amide bonds. The molecular formula is C12H13BrO3. The van der Waals surface area contributed by atoms with Crippen LogP contribution in [-0.4, -0.2) is 13.1 Å². The number of rotatable bonds is 3. The topological polar surface area (TPSA) is 35.5 Å². The lowest BCUT2D eigenvalue weighted by atomic mass is 9.96. The van der Waals surface area contributed by atoms with E-state index in [1.165, 1.54) is 0 Å². The Hall–Kier alpha value is -1.03. The summed E-state index contributed by atoms with van der Waals surface area (Å²) in [4.78, 5) is 10.5. The number of ether oxygens (including phenoxy) is 2. The number of fused-ring (bicyclic) bond motifs is 1. The van der Waals surface area contributed by atoms with E-state index in [2.05, 4.69) is 15.9 Å². The van der Waals surface area contributed by atoms with Gasteiger partial charge in [0.15, 0.2) is 11.5 Å². The summed E-state index contributed by atoms with van der Waals surface area (Å²) in [5, 5.41) is 0. The zero-order valence-corrected chi connectivity index (χ0v) is 10.8. The lowest BCUT2D eigenvalue weighted by molar-refractivity contribution is -0.108. The van der Waals surface area contributed by atoms with E-state index in [0.717, 1.165) is 33.4 Å². The van der Waals surface area contributed by atoms with Crippen molar-refractivity contribution in [1.82, 2.24) is 0 Å². The summed E-state index contributed by atoms with van der Waals surface area (Å²) in [7, 11) is 0. The van der Waals surface area contributed by atoms with Crippen LogP contribution in [0.2, 0.25) is 0 Å². The van der Waals surface area contributed by atoms with Crippen LogP contribution in [0.4, 0.5) is 0 Å². The van der Waals surface area contributed by atoms with E-state index in [1.54, 1.807) is 0 Å². The van der Waals surface area contributed by atoms with Crippen LogP contribution in [0.25, 0.3) is 0 Å². The van der Waals surface area contributed by atoms with Crippen molar-refractivity contribution in [3.8, 4) is 11.5 Å². The van der Waals surface area contributed by atoms with Crippen LogP contribution in [0.1, 0.15) is 30.4 Å². The third-order valence-electron chi connectivity index (χ3n) is 2.83. The Labute approximate surface area is 103 Å². The minimum Gasteiger partial charge on any atom is -0.454 e. The molecule has 0 N–H and O–H groups in total. The van der Waals surface area contributed by atoms with Gasteiger partial charge in [-0.2, -0.15) is 0 Å². The molecule has 0 bridgehead atoms. The molecule has 16 heavy (non-hydrogen) atoms. The number of aldehydes is 1. The quantitative estimate of drug-likeness (QED) is 0.800. The van der Waals surface area contributed by atoms with E-state index < -0.39 is 0 Å². The average molecular weight is 285 g/mol. The molecule has 0 saturated carbocycles. The lowest BCUT2D eigenvalue weighted by Gasteiger charge is -2.14. The molecule has 1 heterocycles. The van der Waals surface area contributed by atoms with Gasteiger partial charge in [-0.3, -0.25) is 0 Å². The fourth-order valence-corrected chi connectivity index (χ4v) is 2.52. The Kier molecular flexibility index (Phi) is 3.19. The van der Waals surface area contributed by atoms with E-state index in [0.29, 0.717) is 6.42 Å². The highest BCUT2D eigenvalue weighted by Gasteiger charge is 2.22. The van der Waals surface area contributed by atoms with Gasteiger partial charge in [-0.15, -0.1) is 0 Å². The molecule has 0 saturated heterocycles. The standard InChI is InChI=1S/C12H13BrO3/c1-7(3-4-14)9-5-10-12(16-6-15-10)8(2)11(9)13/h4-5,7H,3,6H2,1-2H3. The molecule has 0 fully saturated rings. The molecule has 0 aromatic heterocycles. The molecule has 1 atom stereocenters. The lowest BCUT2D eigenvalue weighted by Crippen LogP contribution is -1.97. The number of carbonyl (C=O) groups is 1. The Balaban J connectivity index is 2.47. The van der Waals surface area contributed by atoms with Crippen molar-refractivity contribution < 1.29 is 14.3 Å². The minimum atomic E-state index is 0.181. The summed E-state index contributed by atoms with van der Waals surface area (Å²) in [6.07, 6.45) is 1.45. The minimum absolute atomic E-state index is 0.181. The third kappa shape index (κ3) is 1.82. The van der Waals surface area contributed by atoms with Gasteiger partial charge in [0.05, 0.1) is 0 Å². The maximum absolute atomic E-state index is 10.5. The second-order valence-electron chi connectivity index (χ2n) is 3.94. The van der Waals surface area contributed by atoms with Crippen LogP contribution in [0, 0.1) is 6.92 Å². The van der Waals surface area contributed by atoms with Crippen molar-refractivity contribution in [1.29, 1.82) is 0 Å². The van der Waals surface area contributed by atoms with Crippen molar-refractivity contribution >= 4 is 22.2 Å². The fraction of sp³-hybridized carbons (Fsp3) is 0.417. The Morgan fingerprint density at radius 2 is 2.31 bits per heavy atom. The maximum Gasteiger partial charge on any atom is 0.231 e. The Morgan fingerprint density at radius 1 is 1.56 bits per heavy atom. The van der Waals surface area contributed by atoms with Gasteiger partial charge in [0.2, 0.25) is 6.79 Å². The van der Waals surface area contributed by atoms with Gasteiger partial charge in [-0.1, -0.05) is 22.9 Å². The molecule has 2 rings (SSSR count). The second-order valence-corrected chi connectivity index (χ2v) is 4.73. The van der Waals surface area contributed by atoms with Crippen molar-refractivity contribution in [2.45, 2.75) is 26.2 Å². The molecule has 1 aliphatic heterocycles. The largest absolute Gasteiger partial charge is 0.454 e. The molecule has 3 nitrogen and oxygen atoms in total. The first kappa shape index (κ1) is 11.5. The molecule has 0 aliphatic carbocycles. The fourth-order valence-electron chi connectivity index (χ4n) is 1.84. The van der Waals surface area contributed by atoms with E-state index in [9.17, 15) is 4.79 Å². The molecule has 1 unspecified atom stereocenters. The second kappa shape index (κ2) is 4.45. The van der Waals surface area contributed by atoms with Crippen molar-refractivity contribution in [3.05, 3.63) is 21.7 Å². The Bertz CT molecular complexity index is 429. The molecule has 0 spiro atoms. The SMILES string of the molecule is Cc1c(Br)c(C(C)CC=O)cc2c1OCO2. The zero-order valence-electron chi connectivity index (χ0n) is 9.25. The van der Waals surface area contributed by atoms with Crippen LogP contribution in [0.3, 0.4) is 0 Å². The van der Waals surface area contributed by atoms with Gasteiger partial charge >= 0.3 is 0 Å². The van der Waals surface area contributed by atoms with Crippen molar-refractivity contribution in [2.75, 3.05) is 6.79 Å². The molecule has 1 aromatic carbocycles. The molecule has 1 aliphatic rings. The first-order valence-corrected chi connectivity index (χ1v) is 5.96. The molecular weight excluding hydrogens is 272 g/mol. The van der Waals surface area contributed by atoms with Gasteiger partial charge in [-0.25, -0.2) is 0 Å². The predicted molar refractivity (Wildman–Crippen MR) is 64.1 cm³/mol. The van der Waals surface area contributed by atoms with Gasteiger partial charge < -0.3 is 14.3 Å². The molecule has 0 radical (unpaired) electrons. The average Bonchev–Trinajstić information content (AvgIpc) is 2.71. The normalized spacial score (nSPS) is 14.9. The summed E-state index contributed by atoms with van der Waals surface area (Å²) in [5.41, 5.74) is 2.12. The first-order chi connectivity index (χ1) is 7.65. The molecule has 4 heteroatoms. The third-order valence-corrected chi connectivity index (χ3v) is 3.88. The highest BCUT2D eigenvalue weighted by molar-refractivity contribution is 9.10. The maximum atomic E-state index is 10.5. The summed E-state index contributed by atoms with van der Waals surface area (Å²) in [6, 6.07) is 1.95. The van der Waals surface area contributed by atoms with Crippen LogP contribution in [0.5, 0.6) is 11.5 Å². The zero-order chi connectivity index (χ0) is 11.7. The highest BCUT2D eigenvalue weighted by Crippen LogP contribution is 2.43. The number of benzene rings is 1. The summed E-state index contributed by atoms with van der Waals surface area (Å²) in [6.45, 7) is 4.28. The first-order valence-electron chi connectivity index (χ1n) is 5.17. The van der Waals surface area contributed by atoms with Gasteiger partial charge in [0.1, 0.15) is 6.29 Å². The van der Waals surface area contributed by atoms with Gasteiger partial charge in [-0.05, 0) is 24.5 Å². The Morgan fingerprint density at radius 3 is 3.00 bits per heavy atom. The van der Waals surface area contributed by atoms with E-state index in [-0.39, 0.29) is 12.7 Å². The van der Waals surface area contributed by atoms with E-state index in [4.69, 9.17) is 9.47 Å². The number of carbonyl (C=O) groups excluding carboxylic acids is 1. The van der Waals surface area contributed by atoms with Crippen molar-refractivity contribution in [2.24, 2.45) is 0 Å². The number of halogens is 1. The van der Waals surface area contributed by atoms with Crippen LogP contribution < -0.4 is 9.47 Å². The molecule has 86 valence electrons. The predicted octanol–water partition coefficient (Wildman–Crippen LogP) is 3.18. The van der Waals surface area contributed by atoms with E-state index >= 15 is 0 Å². The summed E-state index contributed by atoms with van der Waals surface area (Å²) < 4.78 is 11.8. The smallest absolute Gasteiger partial charge is 0.231 e. The van der Waals surface area contributed by atoms with Gasteiger partial charge in [0, 0.05) is 16.5 Å². The number of hydrogen-bond acceptors (Lipinski definition) is 3. The van der Waals surface area contributed by atoms with Crippen LogP contribution >= 0.6 is 15.9 Å². The van der Waals surface area contributed by atoms with Crippen LogP contribution in [-0.2, 0) is 4.79 Å². The summed E-state index contributed by atoms with van der Waals surface area (Å²) >= 11 is 3.55. The van der Waals surface area contributed by atoms with Crippen LogP contribution in [0.15, 0.2) is 10.5 Å². The van der Waals surface area contributed by atoms with Crippen molar-refractivity contribution in [3.63, 3.8) is 0 Å².